The van der Waals surface area contributed by atoms with Crippen LogP contribution in [0.5, 0.6) is 0 Å². The predicted molar refractivity (Wildman–Crippen MR) is 124 cm³/mol. The first kappa shape index (κ1) is 20.8. The van der Waals surface area contributed by atoms with Gasteiger partial charge in [-0.1, -0.05) is 60.7 Å². The minimum absolute atomic E-state index is 0.252. The van der Waals surface area contributed by atoms with Crippen LogP contribution in [-0.2, 0) is 6.54 Å². The lowest BCUT2D eigenvalue weighted by Crippen LogP contribution is -2.50. The fourth-order valence-corrected chi connectivity index (χ4v) is 4.62. The summed E-state index contributed by atoms with van der Waals surface area (Å²) in [5.41, 5.74) is 4.15. The van der Waals surface area contributed by atoms with Gasteiger partial charge >= 0.3 is 0 Å². The van der Waals surface area contributed by atoms with E-state index in [-0.39, 0.29) is 6.04 Å². The van der Waals surface area contributed by atoms with E-state index in [9.17, 15) is 5.11 Å². The lowest BCUT2D eigenvalue weighted by molar-refractivity contribution is 0.0560. The zero-order chi connectivity index (χ0) is 21.8. The fraction of sp³-hybridized carbons (Fsp3) is 0.320. The van der Waals surface area contributed by atoms with Gasteiger partial charge in [0.25, 0.3) is 0 Å². The molecule has 32 heavy (non-hydrogen) atoms. The van der Waals surface area contributed by atoms with E-state index in [1.807, 2.05) is 4.57 Å². The van der Waals surface area contributed by atoms with Gasteiger partial charge in [0.2, 0.25) is 0 Å². The Balaban J connectivity index is 1.22. The van der Waals surface area contributed by atoms with Crippen LogP contribution in [-0.4, -0.2) is 73.3 Å². The molecule has 1 atom stereocenters. The van der Waals surface area contributed by atoms with Crippen molar-refractivity contribution < 1.29 is 5.11 Å². The van der Waals surface area contributed by atoms with Crippen LogP contribution in [0.15, 0.2) is 79.5 Å². The predicted octanol–water partition coefficient (Wildman–Crippen LogP) is 2.59. The van der Waals surface area contributed by atoms with Gasteiger partial charge in [0.05, 0.1) is 31.2 Å². The topological polar surface area (TPSA) is 70.3 Å². The molecule has 1 saturated heterocycles. The third kappa shape index (κ3) is 4.55. The molecule has 4 aromatic rings. The maximum Gasteiger partial charge on any atom is 0.180 e. The second kappa shape index (κ2) is 9.56. The van der Waals surface area contributed by atoms with Gasteiger partial charge in [-0.05, 0) is 11.1 Å². The molecule has 1 N–H and O–H groups in total. The molecule has 7 nitrogen and oxygen atoms in total. The van der Waals surface area contributed by atoms with Gasteiger partial charge in [-0.25, -0.2) is 15.0 Å². The average Bonchev–Trinajstić information content (AvgIpc) is 3.24. The van der Waals surface area contributed by atoms with Crippen LogP contribution in [0, 0.1) is 0 Å². The molecule has 0 radical (unpaired) electrons. The minimum Gasteiger partial charge on any atom is -0.390 e. The van der Waals surface area contributed by atoms with Crippen LogP contribution in [0.2, 0.25) is 0 Å². The molecule has 0 amide bonds. The SMILES string of the molecule is OC(CN1CCN(C(c2ccccc2)c2ccccc2)CC1)Cn1cnc2ncncc21. The molecule has 164 valence electrons. The van der Waals surface area contributed by atoms with Gasteiger partial charge in [-0.2, -0.15) is 0 Å². The van der Waals surface area contributed by atoms with Crippen LogP contribution < -0.4 is 0 Å². The van der Waals surface area contributed by atoms with Crippen LogP contribution in [0.25, 0.3) is 11.2 Å². The Hall–Kier alpha value is -3.13. The van der Waals surface area contributed by atoms with Crippen molar-refractivity contribution in [2.75, 3.05) is 32.7 Å². The van der Waals surface area contributed by atoms with Crippen LogP contribution in [0.1, 0.15) is 17.2 Å². The molecule has 0 aliphatic carbocycles. The summed E-state index contributed by atoms with van der Waals surface area (Å²) in [6, 6.07) is 21.7. The molecule has 1 aliphatic heterocycles. The molecule has 0 spiro atoms. The molecule has 3 heterocycles. The van der Waals surface area contributed by atoms with Gasteiger partial charge in [0.1, 0.15) is 11.8 Å². The maximum absolute atomic E-state index is 10.7. The largest absolute Gasteiger partial charge is 0.390 e. The second-order valence-corrected chi connectivity index (χ2v) is 8.34. The van der Waals surface area contributed by atoms with E-state index in [4.69, 9.17) is 0 Å². The highest BCUT2D eigenvalue weighted by atomic mass is 16.3. The first-order chi connectivity index (χ1) is 15.8. The molecule has 2 aromatic heterocycles. The van der Waals surface area contributed by atoms with Gasteiger partial charge in [0.15, 0.2) is 5.65 Å². The Morgan fingerprint density at radius 3 is 2.12 bits per heavy atom. The maximum atomic E-state index is 10.7. The third-order valence-electron chi connectivity index (χ3n) is 6.18. The highest BCUT2D eigenvalue weighted by Crippen LogP contribution is 2.29. The van der Waals surface area contributed by atoms with Crippen molar-refractivity contribution in [2.45, 2.75) is 18.7 Å². The molecule has 5 rings (SSSR count). The molecular formula is C25H28N6O. The summed E-state index contributed by atoms with van der Waals surface area (Å²) in [4.78, 5) is 17.4. The third-order valence-corrected chi connectivity index (χ3v) is 6.18. The van der Waals surface area contributed by atoms with Crippen molar-refractivity contribution >= 4 is 11.2 Å². The quantitative estimate of drug-likeness (QED) is 0.488. The molecule has 1 aliphatic rings. The number of piperazine rings is 1. The first-order valence-corrected chi connectivity index (χ1v) is 11.1. The molecule has 1 fully saturated rings. The number of hydrogen-bond acceptors (Lipinski definition) is 6. The number of benzene rings is 2. The molecule has 0 bridgehead atoms. The Kier molecular flexibility index (Phi) is 6.20. The lowest BCUT2D eigenvalue weighted by Gasteiger charge is -2.40. The summed E-state index contributed by atoms with van der Waals surface area (Å²) >= 11 is 0. The van der Waals surface area contributed by atoms with Crippen molar-refractivity contribution in [3.63, 3.8) is 0 Å². The summed E-state index contributed by atoms with van der Waals surface area (Å²) in [6.45, 7) is 4.91. The van der Waals surface area contributed by atoms with Gasteiger partial charge in [-0.15, -0.1) is 0 Å². The van der Waals surface area contributed by atoms with E-state index in [1.165, 1.54) is 17.5 Å². The van der Waals surface area contributed by atoms with Crippen molar-refractivity contribution in [1.82, 2.24) is 29.3 Å². The summed E-state index contributed by atoms with van der Waals surface area (Å²) in [7, 11) is 0. The number of hydrogen-bond donors (Lipinski definition) is 1. The summed E-state index contributed by atoms with van der Waals surface area (Å²) in [5.74, 6) is 0. The normalized spacial score (nSPS) is 16.6. The molecule has 1 unspecified atom stereocenters. The molecule has 7 heteroatoms. The zero-order valence-corrected chi connectivity index (χ0v) is 18.0. The van der Waals surface area contributed by atoms with E-state index in [0.29, 0.717) is 18.7 Å². The number of imidazole rings is 1. The van der Waals surface area contributed by atoms with Gasteiger partial charge in [-0.3, -0.25) is 9.80 Å². The highest BCUT2D eigenvalue weighted by Gasteiger charge is 2.27. The Bertz CT molecular complexity index is 1090. The van der Waals surface area contributed by atoms with E-state index < -0.39 is 6.10 Å². The standard InChI is InChI=1S/C25H28N6O/c32-22(17-31-19-28-25-23(31)15-26-18-27-25)16-29-11-13-30(14-12-29)24(20-7-3-1-4-8-20)21-9-5-2-6-10-21/h1-10,15,18-19,22,24,32H,11-14,16-17H2. The van der Waals surface area contributed by atoms with E-state index in [0.717, 1.165) is 31.7 Å². The van der Waals surface area contributed by atoms with Gasteiger partial charge < -0.3 is 9.67 Å². The second-order valence-electron chi connectivity index (χ2n) is 8.34. The Labute approximate surface area is 188 Å². The summed E-state index contributed by atoms with van der Waals surface area (Å²) < 4.78 is 1.93. The number of aromatic nitrogens is 4. The van der Waals surface area contributed by atoms with Crippen molar-refractivity contribution in [2.24, 2.45) is 0 Å². The first-order valence-electron chi connectivity index (χ1n) is 11.1. The average molecular weight is 429 g/mol. The fourth-order valence-electron chi connectivity index (χ4n) is 4.62. The van der Waals surface area contributed by atoms with E-state index in [2.05, 4.69) is 85.4 Å². The summed E-state index contributed by atoms with van der Waals surface area (Å²) in [6.07, 6.45) is 4.49. The smallest absolute Gasteiger partial charge is 0.180 e. The number of fused-ring (bicyclic) bond motifs is 1. The highest BCUT2D eigenvalue weighted by molar-refractivity contribution is 5.68. The molecule has 2 aromatic carbocycles. The molecular weight excluding hydrogens is 400 g/mol. The van der Waals surface area contributed by atoms with Crippen molar-refractivity contribution in [3.05, 3.63) is 90.6 Å². The number of rotatable bonds is 7. The zero-order valence-electron chi connectivity index (χ0n) is 18.0. The van der Waals surface area contributed by atoms with E-state index in [1.54, 1.807) is 12.5 Å². The number of nitrogens with zero attached hydrogens (tertiary/aromatic N) is 6. The van der Waals surface area contributed by atoms with Gasteiger partial charge in [0, 0.05) is 32.7 Å². The molecule has 0 saturated carbocycles. The minimum atomic E-state index is -0.474. The lowest BCUT2D eigenvalue weighted by atomic mass is 9.96. The number of β-amino-alcohol motifs (C(OH)–C–C–N with tert-alkyl or cyclic N) is 1. The number of aliphatic hydroxyl groups excluding tert-OH is 1. The van der Waals surface area contributed by atoms with E-state index >= 15 is 0 Å². The van der Waals surface area contributed by atoms with Crippen molar-refractivity contribution in [3.8, 4) is 0 Å². The Morgan fingerprint density at radius 1 is 0.812 bits per heavy atom. The van der Waals surface area contributed by atoms with Crippen molar-refractivity contribution in [1.29, 1.82) is 0 Å². The number of aliphatic hydroxyl groups is 1. The Morgan fingerprint density at radius 2 is 1.47 bits per heavy atom. The monoisotopic (exact) mass is 428 g/mol. The van der Waals surface area contributed by atoms with Crippen LogP contribution in [0.3, 0.4) is 0 Å². The van der Waals surface area contributed by atoms with Crippen LogP contribution in [0.4, 0.5) is 0 Å². The summed E-state index contributed by atoms with van der Waals surface area (Å²) in [5, 5.41) is 10.7. The van der Waals surface area contributed by atoms with Crippen LogP contribution >= 0.6 is 0 Å².